The number of rotatable bonds is 8. The third-order valence-corrected chi connectivity index (χ3v) is 3.65. The monoisotopic (exact) mass is 265 g/mol. The summed E-state index contributed by atoms with van der Waals surface area (Å²) in [6.07, 6.45) is 4.50. The highest BCUT2D eigenvalue weighted by Gasteiger charge is 2.23. The molecule has 0 radical (unpaired) electrons. The van der Waals surface area contributed by atoms with Gasteiger partial charge in [0.1, 0.15) is 0 Å². The average Bonchev–Trinajstić information content (AvgIpc) is 2.66. The fraction of sp³-hybridized carbons (Fsp3) is 0.812. The Balaban J connectivity index is 2.59. The standard InChI is InChI=1S/C16H31N3/c1-7-9-17-13(3)11-16(4,5)12-15-10-14(8-2)18-19(15)6/h10,13,17H,7-9,11-12H2,1-6H3. The van der Waals surface area contributed by atoms with E-state index in [4.69, 9.17) is 0 Å². The van der Waals surface area contributed by atoms with E-state index in [0.29, 0.717) is 11.5 Å². The van der Waals surface area contributed by atoms with Crippen LogP contribution in [0, 0.1) is 5.41 Å². The van der Waals surface area contributed by atoms with Crippen LogP contribution in [0.4, 0.5) is 0 Å². The summed E-state index contributed by atoms with van der Waals surface area (Å²) in [5.41, 5.74) is 2.86. The summed E-state index contributed by atoms with van der Waals surface area (Å²) in [7, 11) is 2.06. The van der Waals surface area contributed by atoms with Crippen molar-refractivity contribution < 1.29 is 0 Å². The summed E-state index contributed by atoms with van der Waals surface area (Å²) >= 11 is 0. The highest BCUT2D eigenvalue weighted by Crippen LogP contribution is 2.27. The molecular weight excluding hydrogens is 234 g/mol. The van der Waals surface area contributed by atoms with Crippen LogP contribution >= 0.6 is 0 Å². The Kier molecular flexibility index (Phi) is 6.05. The minimum Gasteiger partial charge on any atom is -0.314 e. The van der Waals surface area contributed by atoms with E-state index in [9.17, 15) is 0 Å². The molecule has 1 atom stereocenters. The van der Waals surface area contributed by atoms with Crippen molar-refractivity contribution in [3.8, 4) is 0 Å². The second-order valence-electron chi connectivity index (χ2n) is 6.50. The number of aromatic nitrogens is 2. The minimum atomic E-state index is 0.305. The van der Waals surface area contributed by atoms with Gasteiger partial charge < -0.3 is 5.32 Å². The van der Waals surface area contributed by atoms with E-state index in [2.05, 4.69) is 58.1 Å². The summed E-state index contributed by atoms with van der Waals surface area (Å²) in [6, 6.07) is 2.83. The second-order valence-corrected chi connectivity index (χ2v) is 6.50. The molecule has 1 aromatic heterocycles. The maximum absolute atomic E-state index is 4.54. The Hall–Kier alpha value is -0.830. The van der Waals surface area contributed by atoms with Crippen LogP contribution in [0.25, 0.3) is 0 Å². The molecule has 1 heterocycles. The Morgan fingerprint density at radius 1 is 1.37 bits per heavy atom. The van der Waals surface area contributed by atoms with Gasteiger partial charge in [-0.15, -0.1) is 0 Å². The first-order valence-corrected chi connectivity index (χ1v) is 7.63. The molecule has 0 aliphatic heterocycles. The maximum Gasteiger partial charge on any atom is 0.0624 e. The van der Waals surface area contributed by atoms with Crippen molar-refractivity contribution >= 4 is 0 Å². The summed E-state index contributed by atoms with van der Waals surface area (Å²) in [5.74, 6) is 0. The SMILES string of the molecule is CCCNC(C)CC(C)(C)Cc1cc(CC)nn1C. The van der Waals surface area contributed by atoms with E-state index >= 15 is 0 Å². The summed E-state index contributed by atoms with van der Waals surface area (Å²) in [4.78, 5) is 0. The lowest BCUT2D eigenvalue weighted by Gasteiger charge is -2.28. The van der Waals surface area contributed by atoms with Crippen molar-refractivity contribution in [2.24, 2.45) is 12.5 Å². The van der Waals surface area contributed by atoms with Gasteiger partial charge in [0.15, 0.2) is 0 Å². The third-order valence-electron chi connectivity index (χ3n) is 3.65. The smallest absolute Gasteiger partial charge is 0.0624 e. The first-order valence-electron chi connectivity index (χ1n) is 7.63. The zero-order valence-corrected chi connectivity index (χ0v) is 13.6. The first-order chi connectivity index (χ1) is 8.88. The Morgan fingerprint density at radius 3 is 2.58 bits per heavy atom. The van der Waals surface area contributed by atoms with Gasteiger partial charge in [0, 0.05) is 18.8 Å². The van der Waals surface area contributed by atoms with Crippen molar-refractivity contribution in [1.29, 1.82) is 0 Å². The molecule has 0 saturated heterocycles. The lowest BCUT2D eigenvalue weighted by Crippen LogP contribution is -2.33. The van der Waals surface area contributed by atoms with Crippen molar-refractivity contribution in [3.05, 3.63) is 17.5 Å². The summed E-state index contributed by atoms with van der Waals surface area (Å²) < 4.78 is 2.05. The fourth-order valence-corrected chi connectivity index (χ4v) is 2.76. The molecule has 19 heavy (non-hydrogen) atoms. The van der Waals surface area contributed by atoms with Crippen LogP contribution in [0.3, 0.4) is 0 Å². The van der Waals surface area contributed by atoms with Crippen LogP contribution in [-0.4, -0.2) is 22.4 Å². The van der Waals surface area contributed by atoms with Crippen molar-refractivity contribution in [2.45, 2.75) is 66.3 Å². The normalized spacial score (nSPS) is 13.8. The van der Waals surface area contributed by atoms with E-state index in [1.54, 1.807) is 0 Å². The van der Waals surface area contributed by atoms with Gasteiger partial charge in [0.25, 0.3) is 0 Å². The van der Waals surface area contributed by atoms with Crippen molar-refractivity contribution in [1.82, 2.24) is 15.1 Å². The zero-order chi connectivity index (χ0) is 14.5. The number of aryl methyl sites for hydroxylation is 2. The molecule has 1 N–H and O–H groups in total. The zero-order valence-electron chi connectivity index (χ0n) is 13.6. The molecule has 0 amide bonds. The maximum atomic E-state index is 4.54. The van der Waals surface area contributed by atoms with Gasteiger partial charge in [0.2, 0.25) is 0 Å². The molecule has 3 nitrogen and oxygen atoms in total. The lowest BCUT2D eigenvalue weighted by molar-refractivity contribution is 0.281. The average molecular weight is 265 g/mol. The third kappa shape index (κ3) is 5.35. The highest BCUT2D eigenvalue weighted by atomic mass is 15.3. The molecule has 0 aromatic carbocycles. The molecule has 0 saturated carbocycles. The number of nitrogens with one attached hydrogen (secondary N) is 1. The number of nitrogens with zero attached hydrogens (tertiary/aromatic N) is 2. The van der Waals surface area contributed by atoms with E-state index in [0.717, 1.165) is 19.4 Å². The molecule has 1 aromatic rings. The molecule has 110 valence electrons. The molecule has 0 aliphatic rings. The van der Waals surface area contributed by atoms with Gasteiger partial charge in [-0.1, -0.05) is 27.7 Å². The molecule has 0 bridgehead atoms. The second kappa shape index (κ2) is 7.09. The van der Waals surface area contributed by atoms with Gasteiger partial charge >= 0.3 is 0 Å². The van der Waals surface area contributed by atoms with Crippen LogP contribution in [0.1, 0.15) is 58.8 Å². The number of hydrogen-bond acceptors (Lipinski definition) is 2. The van der Waals surface area contributed by atoms with Gasteiger partial charge in [-0.05, 0) is 50.6 Å². The largest absolute Gasteiger partial charge is 0.314 e. The lowest BCUT2D eigenvalue weighted by atomic mass is 9.81. The van der Waals surface area contributed by atoms with Gasteiger partial charge in [-0.2, -0.15) is 5.10 Å². The van der Waals surface area contributed by atoms with Crippen LogP contribution in [-0.2, 0) is 19.9 Å². The van der Waals surface area contributed by atoms with Crippen molar-refractivity contribution in [2.75, 3.05) is 6.54 Å². The highest BCUT2D eigenvalue weighted by molar-refractivity contribution is 5.12. The van der Waals surface area contributed by atoms with Crippen LogP contribution in [0.2, 0.25) is 0 Å². The summed E-state index contributed by atoms with van der Waals surface area (Å²) in [5, 5.41) is 8.13. The Bertz CT molecular complexity index is 379. The van der Waals surface area contributed by atoms with Crippen LogP contribution in [0.5, 0.6) is 0 Å². The van der Waals surface area contributed by atoms with E-state index < -0.39 is 0 Å². The van der Waals surface area contributed by atoms with Gasteiger partial charge in [0.05, 0.1) is 5.69 Å². The molecule has 1 unspecified atom stereocenters. The molecule has 1 rings (SSSR count). The van der Waals surface area contributed by atoms with Gasteiger partial charge in [-0.25, -0.2) is 0 Å². The predicted octanol–water partition coefficient (Wildman–Crippen LogP) is 3.33. The molecular formula is C16H31N3. The van der Waals surface area contributed by atoms with Crippen molar-refractivity contribution in [3.63, 3.8) is 0 Å². The molecule has 3 heteroatoms. The first kappa shape index (κ1) is 16.2. The quantitative estimate of drug-likeness (QED) is 0.781. The topological polar surface area (TPSA) is 29.9 Å². The molecule has 0 fully saturated rings. The fourth-order valence-electron chi connectivity index (χ4n) is 2.76. The minimum absolute atomic E-state index is 0.305. The summed E-state index contributed by atoms with van der Waals surface area (Å²) in [6.45, 7) is 12.5. The number of hydrogen-bond donors (Lipinski definition) is 1. The van der Waals surface area contributed by atoms with Crippen LogP contribution < -0.4 is 5.32 Å². The van der Waals surface area contributed by atoms with Crippen LogP contribution in [0.15, 0.2) is 6.07 Å². The van der Waals surface area contributed by atoms with E-state index in [-0.39, 0.29) is 0 Å². The Morgan fingerprint density at radius 2 is 2.05 bits per heavy atom. The molecule has 0 spiro atoms. The predicted molar refractivity (Wildman–Crippen MR) is 82.4 cm³/mol. The molecule has 0 aliphatic carbocycles. The van der Waals surface area contributed by atoms with Gasteiger partial charge in [-0.3, -0.25) is 4.68 Å². The van der Waals surface area contributed by atoms with E-state index in [1.165, 1.54) is 24.2 Å². The Labute approximate surface area is 118 Å². The van der Waals surface area contributed by atoms with E-state index in [1.807, 2.05) is 4.68 Å².